The monoisotopic (exact) mass is 853 g/mol. The molecule has 3 unspecified atom stereocenters. The number of aliphatic hydroxyl groups is 1. The number of carboxylic acids is 3. The SMILES string of the molecule is CC(=O)NCC(O)C(=O)NC(CCS(=O)(=O)O)C(=O)O.CCc1ccc(C(=O)NC(CC(=O)O)C(=O)O)cc1.CS(=O)(=O)CCOCCOCCS(=O)(=O)O. The number of ether oxygens (including phenoxy) is 2. The van der Waals surface area contributed by atoms with Gasteiger partial charge in [-0.05, 0) is 30.5 Å². The van der Waals surface area contributed by atoms with Crippen molar-refractivity contribution in [2.24, 2.45) is 0 Å². The quantitative estimate of drug-likeness (QED) is 0.0396. The number of amides is 3. The summed E-state index contributed by atoms with van der Waals surface area (Å²) in [6, 6.07) is 3.66. The van der Waals surface area contributed by atoms with Crippen molar-refractivity contribution in [1.29, 1.82) is 0 Å². The van der Waals surface area contributed by atoms with Crippen molar-refractivity contribution in [2.45, 2.75) is 51.3 Å². The maximum Gasteiger partial charge on any atom is 0.326 e. The van der Waals surface area contributed by atoms with E-state index in [0.29, 0.717) is 5.56 Å². The van der Waals surface area contributed by atoms with Gasteiger partial charge >= 0.3 is 17.9 Å². The maximum atomic E-state index is 11.8. The molecular formula is C29H47N3O20S3. The highest BCUT2D eigenvalue weighted by molar-refractivity contribution is 7.90. The molecule has 0 fully saturated rings. The Labute approximate surface area is 317 Å². The van der Waals surface area contributed by atoms with E-state index in [1.54, 1.807) is 24.3 Å². The number of carboxylic acid groups (broad SMARTS) is 3. The largest absolute Gasteiger partial charge is 0.481 e. The molecule has 1 aromatic carbocycles. The number of hydrogen-bond donors (Lipinski definition) is 9. The van der Waals surface area contributed by atoms with Gasteiger partial charge in [0.25, 0.3) is 32.1 Å². The normalized spacial score (nSPS) is 12.9. The zero-order valence-corrected chi connectivity index (χ0v) is 32.4. The summed E-state index contributed by atoms with van der Waals surface area (Å²) in [5.41, 5.74) is 1.35. The standard InChI is InChI=1S/C13H15NO5.C9H16N2O8S.C7H16O7S2/c1-2-8-3-5-9(6-4-8)12(17)14-10(13(18)19)7-11(15)16;1-5(12)10-4-7(13)8(14)11-6(9(15)16)2-3-20(17,18)19;1-15(8,9)6-4-13-2-3-14-5-7-16(10,11)12/h3-6,10H,2,7H2,1H3,(H,14,17)(H,15,16)(H,18,19);6-7,13H,2-4H2,1H3,(H,10,12)(H,11,14)(H,15,16)(H,17,18,19);2-7H2,1H3,(H,10,11,12). The molecule has 0 bridgehead atoms. The van der Waals surface area contributed by atoms with Gasteiger partial charge in [-0.15, -0.1) is 0 Å². The Morgan fingerprint density at radius 3 is 1.62 bits per heavy atom. The number of benzene rings is 1. The molecule has 9 N–H and O–H groups in total. The van der Waals surface area contributed by atoms with E-state index in [9.17, 15) is 59.1 Å². The number of carbonyl (C=O) groups excluding carboxylic acids is 3. The Balaban J connectivity index is 0. The van der Waals surface area contributed by atoms with Crippen LogP contribution in [0.15, 0.2) is 24.3 Å². The molecule has 3 atom stereocenters. The van der Waals surface area contributed by atoms with E-state index in [2.05, 4.69) is 10.6 Å². The topological polar surface area (TPSA) is 381 Å². The Hall–Kier alpha value is -4.31. The second-order valence-electron chi connectivity index (χ2n) is 11.1. The van der Waals surface area contributed by atoms with Gasteiger partial charge in [0.2, 0.25) is 5.91 Å². The summed E-state index contributed by atoms with van der Waals surface area (Å²) in [5, 5.41) is 41.7. The van der Waals surface area contributed by atoms with Crippen molar-refractivity contribution in [3.63, 3.8) is 0 Å². The van der Waals surface area contributed by atoms with Crippen LogP contribution in [-0.4, -0.2) is 165 Å². The Bertz CT molecular complexity index is 1700. The predicted molar refractivity (Wildman–Crippen MR) is 190 cm³/mol. The third-order valence-electron chi connectivity index (χ3n) is 6.19. The van der Waals surface area contributed by atoms with Crippen molar-refractivity contribution in [1.82, 2.24) is 16.0 Å². The van der Waals surface area contributed by atoms with Gasteiger partial charge < -0.3 is 45.9 Å². The first kappa shape index (κ1) is 52.8. The number of rotatable bonds is 23. The molecule has 0 aliphatic rings. The van der Waals surface area contributed by atoms with E-state index in [0.717, 1.165) is 25.2 Å². The van der Waals surface area contributed by atoms with Gasteiger partial charge in [0.05, 0.1) is 56.7 Å². The van der Waals surface area contributed by atoms with E-state index in [4.69, 9.17) is 33.9 Å². The highest BCUT2D eigenvalue weighted by Gasteiger charge is 2.26. The second kappa shape index (κ2) is 26.5. The lowest BCUT2D eigenvalue weighted by atomic mass is 10.1. The number of aliphatic carboxylic acids is 3. The van der Waals surface area contributed by atoms with Crippen LogP contribution in [0.1, 0.15) is 42.6 Å². The van der Waals surface area contributed by atoms with Crippen molar-refractivity contribution in [2.75, 3.05) is 56.5 Å². The number of carbonyl (C=O) groups is 6. The zero-order valence-electron chi connectivity index (χ0n) is 29.9. The molecule has 26 heteroatoms. The number of sulfone groups is 1. The molecule has 0 aromatic heterocycles. The van der Waals surface area contributed by atoms with Crippen molar-refractivity contribution in [3.8, 4) is 0 Å². The lowest BCUT2D eigenvalue weighted by Gasteiger charge is -2.16. The van der Waals surface area contributed by atoms with E-state index in [1.807, 2.05) is 12.2 Å². The second-order valence-corrected chi connectivity index (χ2v) is 16.5. The summed E-state index contributed by atoms with van der Waals surface area (Å²) in [4.78, 5) is 65.9. The van der Waals surface area contributed by atoms with E-state index in [1.165, 1.54) is 0 Å². The van der Waals surface area contributed by atoms with Crippen LogP contribution in [-0.2, 0) is 69.9 Å². The van der Waals surface area contributed by atoms with Crippen LogP contribution in [0, 0.1) is 0 Å². The first-order chi connectivity index (χ1) is 25.2. The average Bonchev–Trinajstić information content (AvgIpc) is 3.05. The van der Waals surface area contributed by atoms with Crippen molar-refractivity contribution >= 4 is 65.7 Å². The van der Waals surface area contributed by atoms with E-state index in [-0.39, 0.29) is 32.2 Å². The fourth-order valence-electron chi connectivity index (χ4n) is 3.33. The third kappa shape index (κ3) is 31.7. The number of hydrogen-bond acceptors (Lipinski definition) is 15. The minimum Gasteiger partial charge on any atom is -0.481 e. The fraction of sp³-hybridized carbons (Fsp3) is 0.586. The van der Waals surface area contributed by atoms with Crippen LogP contribution in [0.2, 0.25) is 0 Å². The molecule has 0 radical (unpaired) electrons. The van der Waals surface area contributed by atoms with E-state index >= 15 is 0 Å². The van der Waals surface area contributed by atoms with Gasteiger partial charge in [0, 0.05) is 18.7 Å². The highest BCUT2D eigenvalue weighted by atomic mass is 32.2. The predicted octanol–water partition coefficient (Wildman–Crippen LogP) is -2.81. The molecule has 1 rings (SSSR count). The zero-order chi connectivity index (χ0) is 43.0. The minimum absolute atomic E-state index is 0.0575. The molecule has 0 saturated carbocycles. The molecule has 55 heavy (non-hydrogen) atoms. The molecule has 23 nitrogen and oxygen atoms in total. The van der Waals surface area contributed by atoms with Crippen LogP contribution in [0.25, 0.3) is 0 Å². The summed E-state index contributed by atoms with van der Waals surface area (Å²) in [6.45, 7) is 3.03. The van der Waals surface area contributed by atoms with Crippen LogP contribution >= 0.6 is 0 Å². The van der Waals surface area contributed by atoms with Crippen molar-refractivity contribution in [3.05, 3.63) is 35.4 Å². The van der Waals surface area contributed by atoms with Gasteiger partial charge in [-0.25, -0.2) is 18.0 Å². The first-order valence-electron chi connectivity index (χ1n) is 15.7. The van der Waals surface area contributed by atoms with Gasteiger partial charge in [-0.3, -0.25) is 28.3 Å². The smallest absolute Gasteiger partial charge is 0.326 e. The summed E-state index contributed by atoms with van der Waals surface area (Å²) < 4.78 is 89.5. The van der Waals surface area contributed by atoms with Crippen LogP contribution in [0.4, 0.5) is 0 Å². The molecular weight excluding hydrogens is 807 g/mol. The minimum atomic E-state index is -4.36. The Morgan fingerprint density at radius 2 is 1.22 bits per heavy atom. The Morgan fingerprint density at radius 1 is 0.727 bits per heavy atom. The van der Waals surface area contributed by atoms with Gasteiger partial charge in [-0.1, -0.05) is 19.1 Å². The lowest BCUT2D eigenvalue weighted by Crippen LogP contribution is -2.49. The molecule has 3 amide bonds. The van der Waals surface area contributed by atoms with E-state index < -0.39 is 115 Å². The molecule has 1 aromatic rings. The van der Waals surface area contributed by atoms with Crippen LogP contribution in [0.5, 0.6) is 0 Å². The molecule has 0 heterocycles. The number of nitrogens with one attached hydrogen (secondary N) is 3. The Kier molecular flexibility index (Phi) is 25.4. The molecule has 0 saturated heterocycles. The number of aryl methyl sites for hydroxylation is 1. The van der Waals surface area contributed by atoms with Crippen LogP contribution < -0.4 is 16.0 Å². The lowest BCUT2D eigenvalue weighted by molar-refractivity contribution is -0.145. The average molecular weight is 854 g/mol. The highest BCUT2D eigenvalue weighted by Crippen LogP contribution is 2.06. The fourth-order valence-corrected chi connectivity index (χ4v) is 4.61. The van der Waals surface area contributed by atoms with Gasteiger partial charge in [0.1, 0.15) is 28.0 Å². The third-order valence-corrected chi connectivity index (χ3v) is 8.53. The molecule has 316 valence electrons. The molecule has 0 spiro atoms. The van der Waals surface area contributed by atoms with Gasteiger partial charge in [-0.2, -0.15) is 16.8 Å². The summed E-state index contributed by atoms with van der Waals surface area (Å²) in [6.07, 6.45) is -0.954. The summed E-state index contributed by atoms with van der Waals surface area (Å²) in [7, 11) is -11.4. The van der Waals surface area contributed by atoms with Crippen LogP contribution in [0.3, 0.4) is 0 Å². The number of aliphatic hydroxyl groups excluding tert-OH is 1. The molecule has 0 aliphatic heterocycles. The summed E-state index contributed by atoms with van der Waals surface area (Å²) in [5.74, 6) is -7.72. The first-order valence-corrected chi connectivity index (χ1v) is 21.0. The summed E-state index contributed by atoms with van der Waals surface area (Å²) >= 11 is 0. The van der Waals surface area contributed by atoms with Gasteiger partial charge in [0.15, 0.2) is 0 Å². The molecule has 0 aliphatic carbocycles. The maximum absolute atomic E-state index is 11.8. The van der Waals surface area contributed by atoms with Crippen molar-refractivity contribution < 1.29 is 93.0 Å².